The molecule has 0 aromatic heterocycles. The van der Waals surface area contributed by atoms with Gasteiger partial charge in [-0.1, -0.05) is 54.2 Å². The van der Waals surface area contributed by atoms with Crippen molar-refractivity contribution in [3.8, 4) is 0 Å². The van der Waals surface area contributed by atoms with E-state index >= 15 is 0 Å². The van der Waals surface area contributed by atoms with Crippen molar-refractivity contribution in [3.63, 3.8) is 0 Å². The van der Waals surface area contributed by atoms with Crippen molar-refractivity contribution in [2.75, 3.05) is 6.61 Å². The lowest BCUT2D eigenvalue weighted by Crippen LogP contribution is -2.06. The van der Waals surface area contributed by atoms with Crippen molar-refractivity contribution < 1.29 is 9.53 Å². The monoisotopic (exact) mass is 334 g/mol. The van der Waals surface area contributed by atoms with Gasteiger partial charge in [-0.3, -0.25) is 0 Å². The third-order valence-electron chi connectivity index (χ3n) is 3.27. The molecule has 2 rings (SSSR count). The number of esters is 1. The molecule has 0 fully saturated rings. The van der Waals surface area contributed by atoms with Gasteiger partial charge in [-0.05, 0) is 41.5 Å². The predicted molar refractivity (Wildman–Crippen MR) is 86.1 cm³/mol. The molecule has 20 heavy (non-hydrogen) atoms. The molecule has 3 heteroatoms. The van der Waals surface area contributed by atoms with Gasteiger partial charge < -0.3 is 4.74 Å². The Kier molecular flexibility index (Phi) is 5.60. The van der Waals surface area contributed by atoms with Gasteiger partial charge in [0, 0.05) is 4.47 Å². The third-order valence-corrected chi connectivity index (χ3v) is 3.76. The molecule has 106 valence electrons. The Bertz CT molecular complexity index is 593. The van der Waals surface area contributed by atoms with Gasteiger partial charge in [0.2, 0.25) is 0 Å². The van der Waals surface area contributed by atoms with E-state index in [4.69, 9.17) is 4.74 Å². The fraction of sp³-hybridized carbons (Fsp3) is 0.353. The second-order valence-corrected chi connectivity index (χ2v) is 5.82. The molecule has 0 atom stereocenters. The van der Waals surface area contributed by atoms with Gasteiger partial charge in [-0.25, -0.2) is 4.79 Å². The first-order valence-corrected chi connectivity index (χ1v) is 7.86. The topological polar surface area (TPSA) is 26.3 Å². The van der Waals surface area contributed by atoms with Crippen LogP contribution in [0, 0.1) is 0 Å². The van der Waals surface area contributed by atoms with Crippen LogP contribution in [0.15, 0.2) is 40.9 Å². The summed E-state index contributed by atoms with van der Waals surface area (Å²) < 4.78 is 6.34. The van der Waals surface area contributed by atoms with Crippen LogP contribution in [-0.2, 0) is 4.74 Å². The lowest BCUT2D eigenvalue weighted by atomic mass is 10.1. The molecular weight excluding hydrogens is 316 g/mol. The van der Waals surface area contributed by atoms with E-state index in [1.807, 2.05) is 36.4 Å². The minimum absolute atomic E-state index is 0.230. The molecule has 0 saturated carbocycles. The predicted octanol–water partition coefficient (Wildman–Crippen LogP) is 5.34. The largest absolute Gasteiger partial charge is 0.462 e. The molecule has 0 spiro atoms. The molecule has 0 unspecified atom stereocenters. The summed E-state index contributed by atoms with van der Waals surface area (Å²) in [6.45, 7) is 2.68. The zero-order valence-electron chi connectivity index (χ0n) is 11.7. The first-order valence-electron chi connectivity index (χ1n) is 7.07. The summed E-state index contributed by atoms with van der Waals surface area (Å²) >= 11 is 3.44. The van der Waals surface area contributed by atoms with Crippen molar-refractivity contribution >= 4 is 32.7 Å². The van der Waals surface area contributed by atoms with Gasteiger partial charge in [0.1, 0.15) is 0 Å². The lowest BCUT2D eigenvalue weighted by molar-refractivity contribution is 0.0498. The van der Waals surface area contributed by atoms with E-state index in [1.165, 1.54) is 12.8 Å². The molecular formula is C17H19BrO2. The van der Waals surface area contributed by atoms with Crippen LogP contribution in [0.4, 0.5) is 0 Å². The average molecular weight is 335 g/mol. The first-order chi connectivity index (χ1) is 9.70. The lowest BCUT2D eigenvalue weighted by Gasteiger charge is -2.06. The number of benzene rings is 2. The minimum atomic E-state index is -0.230. The van der Waals surface area contributed by atoms with Crippen LogP contribution in [-0.4, -0.2) is 12.6 Å². The number of carbonyl (C=O) groups is 1. The third kappa shape index (κ3) is 4.07. The standard InChI is InChI=1S/C17H19BrO2/c1-2-3-4-5-10-20-17(19)15-7-6-14-12-16(18)9-8-13(14)11-15/h6-9,11-12H,2-5,10H2,1H3. The molecule has 0 aliphatic heterocycles. The maximum atomic E-state index is 12.0. The second-order valence-electron chi connectivity index (χ2n) is 4.90. The summed E-state index contributed by atoms with van der Waals surface area (Å²) in [6.07, 6.45) is 4.45. The van der Waals surface area contributed by atoms with Crippen LogP contribution in [0.25, 0.3) is 10.8 Å². The van der Waals surface area contributed by atoms with Crippen molar-refractivity contribution in [2.45, 2.75) is 32.6 Å². The quantitative estimate of drug-likeness (QED) is 0.526. The summed E-state index contributed by atoms with van der Waals surface area (Å²) in [5.74, 6) is -0.230. The highest BCUT2D eigenvalue weighted by Crippen LogP contribution is 2.21. The van der Waals surface area contributed by atoms with Crippen LogP contribution in [0.1, 0.15) is 43.0 Å². The number of rotatable bonds is 6. The number of hydrogen-bond acceptors (Lipinski definition) is 2. The van der Waals surface area contributed by atoms with Crippen LogP contribution in [0.3, 0.4) is 0 Å². The average Bonchev–Trinajstić information content (AvgIpc) is 2.46. The Hall–Kier alpha value is -1.35. The van der Waals surface area contributed by atoms with Crippen LogP contribution in [0.5, 0.6) is 0 Å². The van der Waals surface area contributed by atoms with Gasteiger partial charge in [0.05, 0.1) is 12.2 Å². The molecule has 2 aromatic rings. The summed E-state index contributed by atoms with van der Waals surface area (Å²) in [5.41, 5.74) is 0.621. The SMILES string of the molecule is CCCCCCOC(=O)c1ccc2cc(Br)ccc2c1. The van der Waals surface area contributed by atoms with Gasteiger partial charge in [-0.2, -0.15) is 0 Å². The molecule has 2 nitrogen and oxygen atoms in total. The zero-order valence-corrected chi connectivity index (χ0v) is 13.3. The highest BCUT2D eigenvalue weighted by atomic mass is 79.9. The summed E-state index contributed by atoms with van der Waals surface area (Å²) in [4.78, 5) is 12.0. The van der Waals surface area contributed by atoms with Gasteiger partial charge in [-0.15, -0.1) is 0 Å². The molecule has 0 heterocycles. The number of carbonyl (C=O) groups excluding carboxylic acids is 1. The second kappa shape index (κ2) is 7.44. The van der Waals surface area contributed by atoms with E-state index < -0.39 is 0 Å². The van der Waals surface area contributed by atoms with Crippen molar-refractivity contribution in [1.82, 2.24) is 0 Å². The molecule has 0 radical (unpaired) electrons. The number of halogens is 1. The molecule has 0 bridgehead atoms. The Balaban J connectivity index is 1.98. The molecule has 0 aliphatic rings. The highest BCUT2D eigenvalue weighted by Gasteiger charge is 2.07. The Labute approximate surface area is 128 Å². The Morgan fingerprint density at radius 1 is 1.05 bits per heavy atom. The van der Waals surface area contributed by atoms with Gasteiger partial charge in [0.25, 0.3) is 0 Å². The highest BCUT2D eigenvalue weighted by molar-refractivity contribution is 9.10. The number of hydrogen-bond donors (Lipinski definition) is 0. The normalized spacial score (nSPS) is 10.7. The number of ether oxygens (including phenoxy) is 1. The van der Waals surface area contributed by atoms with E-state index in [-0.39, 0.29) is 5.97 Å². The van der Waals surface area contributed by atoms with Crippen molar-refractivity contribution in [3.05, 3.63) is 46.4 Å². The van der Waals surface area contributed by atoms with Gasteiger partial charge >= 0.3 is 5.97 Å². The molecule has 0 N–H and O–H groups in total. The summed E-state index contributed by atoms with van der Waals surface area (Å²) in [5, 5.41) is 2.16. The fourth-order valence-electron chi connectivity index (χ4n) is 2.12. The fourth-order valence-corrected chi connectivity index (χ4v) is 2.50. The molecule has 2 aromatic carbocycles. The van der Waals surface area contributed by atoms with Crippen LogP contribution in [0.2, 0.25) is 0 Å². The molecule has 0 saturated heterocycles. The van der Waals surface area contributed by atoms with Crippen molar-refractivity contribution in [1.29, 1.82) is 0 Å². The summed E-state index contributed by atoms with van der Waals surface area (Å²) in [7, 11) is 0. The number of unbranched alkanes of at least 4 members (excludes halogenated alkanes) is 3. The first kappa shape index (κ1) is 15.0. The minimum Gasteiger partial charge on any atom is -0.462 e. The van der Waals surface area contributed by atoms with E-state index in [2.05, 4.69) is 22.9 Å². The zero-order chi connectivity index (χ0) is 14.4. The summed E-state index contributed by atoms with van der Waals surface area (Å²) in [6, 6.07) is 11.7. The maximum Gasteiger partial charge on any atom is 0.338 e. The van der Waals surface area contributed by atoms with E-state index in [1.54, 1.807) is 0 Å². The van der Waals surface area contributed by atoms with Crippen LogP contribution < -0.4 is 0 Å². The molecule has 0 amide bonds. The van der Waals surface area contributed by atoms with E-state index in [0.29, 0.717) is 12.2 Å². The van der Waals surface area contributed by atoms with E-state index in [0.717, 1.165) is 28.1 Å². The van der Waals surface area contributed by atoms with Crippen LogP contribution >= 0.6 is 15.9 Å². The Morgan fingerprint density at radius 3 is 2.60 bits per heavy atom. The Morgan fingerprint density at radius 2 is 1.80 bits per heavy atom. The number of fused-ring (bicyclic) bond motifs is 1. The maximum absolute atomic E-state index is 12.0. The molecule has 0 aliphatic carbocycles. The van der Waals surface area contributed by atoms with Crippen molar-refractivity contribution in [2.24, 2.45) is 0 Å². The van der Waals surface area contributed by atoms with Gasteiger partial charge in [0.15, 0.2) is 0 Å². The smallest absolute Gasteiger partial charge is 0.338 e. The van der Waals surface area contributed by atoms with E-state index in [9.17, 15) is 4.79 Å².